The second-order valence-corrected chi connectivity index (χ2v) is 5.69. The quantitative estimate of drug-likeness (QED) is 0.885. The summed E-state index contributed by atoms with van der Waals surface area (Å²) in [7, 11) is 0. The molecule has 1 aliphatic rings. The van der Waals surface area contributed by atoms with E-state index in [2.05, 4.69) is 40.4 Å². The van der Waals surface area contributed by atoms with Gasteiger partial charge >= 0.3 is 0 Å². The molecule has 2 heterocycles. The van der Waals surface area contributed by atoms with E-state index >= 15 is 0 Å². The van der Waals surface area contributed by atoms with Gasteiger partial charge < -0.3 is 15.2 Å². The van der Waals surface area contributed by atoms with Gasteiger partial charge in [-0.15, -0.1) is 12.4 Å². The molecule has 2 N–H and O–H groups in total. The lowest BCUT2D eigenvalue weighted by Crippen LogP contribution is -2.48. The van der Waals surface area contributed by atoms with E-state index in [1.165, 1.54) is 0 Å². The van der Waals surface area contributed by atoms with Crippen molar-refractivity contribution in [2.24, 2.45) is 5.92 Å². The van der Waals surface area contributed by atoms with Gasteiger partial charge in [0.15, 0.2) is 0 Å². The van der Waals surface area contributed by atoms with E-state index in [4.69, 9.17) is 0 Å². The lowest BCUT2D eigenvalue weighted by atomic mass is 10.0. The molecule has 0 spiro atoms. The second-order valence-electron chi connectivity index (χ2n) is 4.78. The first kappa shape index (κ1) is 15.5. The average Bonchev–Trinajstić information content (AvgIpc) is 2.58. The summed E-state index contributed by atoms with van der Waals surface area (Å²) in [6.45, 7) is 6.91. The lowest BCUT2D eigenvalue weighted by molar-refractivity contribution is 0.0931. The van der Waals surface area contributed by atoms with Gasteiger partial charge in [-0.3, -0.25) is 4.79 Å². The fourth-order valence-electron chi connectivity index (χ4n) is 1.88. The number of nitrogens with zero attached hydrogens (tertiary/aromatic N) is 1. The SMILES string of the molecule is CC(C)n1cc(Br)cc1C(=O)NCC1CNC1.Cl. The van der Waals surface area contributed by atoms with Gasteiger partial charge in [-0.2, -0.15) is 0 Å². The monoisotopic (exact) mass is 335 g/mol. The predicted octanol–water partition coefficient (Wildman–Crippen LogP) is 2.20. The summed E-state index contributed by atoms with van der Waals surface area (Å²) < 4.78 is 2.93. The molecule has 1 saturated heterocycles. The molecule has 0 aromatic carbocycles. The van der Waals surface area contributed by atoms with Crippen molar-refractivity contribution >= 4 is 34.2 Å². The van der Waals surface area contributed by atoms with Crippen LogP contribution in [0.1, 0.15) is 30.4 Å². The Labute approximate surface area is 122 Å². The van der Waals surface area contributed by atoms with Crippen molar-refractivity contribution in [3.05, 3.63) is 22.4 Å². The van der Waals surface area contributed by atoms with Crippen molar-refractivity contribution in [3.63, 3.8) is 0 Å². The van der Waals surface area contributed by atoms with Crippen LogP contribution in [0, 0.1) is 5.92 Å². The molecule has 0 atom stereocenters. The third kappa shape index (κ3) is 3.49. The van der Waals surface area contributed by atoms with Crippen LogP contribution in [0.15, 0.2) is 16.7 Å². The number of amides is 1. The number of rotatable bonds is 4. The summed E-state index contributed by atoms with van der Waals surface area (Å²) in [5.41, 5.74) is 0.721. The maximum absolute atomic E-state index is 12.1. The maximum Gasteiger partial charge on any atom is 0.267 e. The van der Waals surface area contributed by atoms with Crippen molar-refractivity contribution in [1.29, 1.82) is 0 Å². The highest BCUT2D eigenvalue weighted by Gasteiger charge is 2.19. The Balaban J connectivity index is 0.00000162. The Bertz CT molecular complexity index is 415. The van der Waals surface area contributed by atoms with Gasteiger partial charge in [0.05, 0.1) is 0 Å². The van der Waals surface area contributed by atoms with Crippen molar-refractivity contribution in [1.82, 2.24) is 15.2 Å². The van der Waals surface area contributed by atoms with Crippen LogP contribution in [0.3, 0.4) is 0 Å². The standard InChI is InChI=1S/C12H18BrN3O.ClH/c1-8(2)16-7-10(13)3-11(16)12(17)15-6-9-4-14-5-9;/h3,7-9,14H,4-6H2,1-2H3,(H,15,17);1H. The number of carbonyl (C=O) groups is 1. The Morgan fingerprint density at radius 3 is 2.78 bits per heavy atom. The highest BCUT2D eigenvalue weighted by Crippen LogP contribution is 2.19. The molecule has 0 unspecified atom stereocenters. The van der Waals surface area contributed by atoms with Crippen LogP contribution in [0.5, 0.6) is 0 Å². The number of carbonyl (C=O) groups excluding carboxylic acids is 1. The minimum absolute atomic E-state index is 0. The molecule has 2 rings (SSSR count). The third-order valence-electron chi connectivity index (χ3n) is 3.02. The van der Waals surface area contributed by atoms with E-state index in [0.29, 0.717) is 5.92 Å². The fraction of sp³-hybridized carbons (Fsp3) is 0.583. The summed E-state index contributed by atoms with van der Waals surface area (Å²) in [5, 5.41) is 6.18. The Kier molecular flexibility index (Phi) is 5.69. The van der Waals surface area contributed by atoms with E-state index < -0.39 is 0 Å². The van der Waals surface area contributed by atoms with Gasteiger partial charge in [-0.25, -0.2) is 0 Å². The minimum Gasteiger partial charge on any atom is -0.350 e. The number of halogens is 2. The fourth-order valence-corrected chi connectivity index (χ4v) is 2.31. The van der Waals surface area contributed by atoms with E-state index in [9.17, 15) is 4.79 Å². The van der Waals surface area contributed by atoms with E-state index in [0.717, 1.165) is 29.8 Å². The zero-order valence-corrected chi connectivity index (χ0v) is 13.0. The molecule has 0 radical (unpaired) electrons. The zero-order chi connectivity index (χ0) is 12.4. The second kappa shape index (κ2) is 6.59. The summed E-state index contributed by atoms with van der Waals surface area (Å²) in [5.74, 6) is 0.598. The normalized spacial score (nSPS) is 15.1. The van der Waals surface area contributed by atoms with Gasteiger partial charge in [0.2, 0.25) is 0 Å². The maximum atomic E-state index is 12.1. The molecule has 0 saturated carbocycles. The first-order valence-electron chi connectivity index (χ1n) is 5.94. The highest BCUT2D eigenvalue weighted by atomic mass is 79.9. The van der Waals surface area contributed by atoms with Crippen LogP contribution >= 0.6 is 28.3 Å². The van der Waals surface area contributed by atoms with Crippen LogP contribution in [0.4, 0.5) is 0 Å². The molecular formula is C12H19BrClN3O. The first-order chi connectivity index (χ1) is 8.08. The van der Waals surface area contributed by atoms with Gasteiger partial charge in [0.1, 0.15) is 5.69 Å². The van der Waals surface area contributed by atoms with Crippen LogP contribution in [0.2, 0.25) is 0 Å². The number of nitrogens with one attached hydrogen (secondary N) is 2. The molecular weight excluding hydrogens is 318 g/mol. The molecule has 1 aliphatic heterocycles. The number of hydrogen-bond donors (Lipinski definition) is 2. The molecule has 6 heteroatoms. The van der Waals surface area contributed by atoms with Crippen LogP contribution < -0.4 is 10.6 Å². The Morgan fingerprint density at radius 2 is 2.28 bits per heavy atom. The van der Waals surface area contributed by atoms with E-state index in [-0.39, 0.29) is 24.4 Å². The Morgan fingerprint density at radius 1 is 1.61 bits per heavy atom. The molecule has 1 aromatic heterocycles. The molecule has 0 bridgehead atoms. The average molecular weight is 337 g/mol. The molecule has 0 aliphatic carbocycles. The van der Waals surface area contributed by atoms with Crippen LogP contribution in [-0.4, -0.2) is 30.1 Å². The minimum atomic E-state index is 0. The zero-order valence-electron chi connectivity index (χ0n) is 10.6. The first-order valence-corrected chi connectivity index (χ1v) is 6.73. The van der Waals surface area contributed by atoms with Gasteiger partial charge in [-0.05, 0) is 35.8 Å². The number of hydrogen-bond acceptors (Lipinski definition) is 2. The molecule has 1 amide bonds. The van der Waals surface area contributed by atoms with Crippen LogP contribution in [0.25, 0.3) is 0 Å². The van der Waals surface area contributed by atoms with Crippen LogP contribution in [-0.2, 0) is 0 Å². The van der Waals surface area contributed by atoms with Crippen molar-refractivity contribution in [2.45, 2.75) is 19.9 Å². The molecule has 102 valence electrons. The third-order valence-corrected chi connectivity index (χ3v) is 3.46. The summed E-state index contributed by atoms with van der Waals surface area (Å²) in [6, 6.07) is 2.15. The molecule has 1 fully saturated rings. The summed E-state index contributed by atoms with van der Waals surface area (Å²) >= 11 is 3.41. The Hall–Kier alpha value is -0.520. The molecule has 18 heavy (non-hydrogen) atoms. The molecule has 1 aromatic rings. The smallest absolute Gasteiger partial charge is 0.267 e. The highest BCUT2D eigenvalue weighted by molar-refractivity contribution is 9.10. The van der Waals surface area contributed by atoms with E-state index in [1.807, 2.05) is 16.8 Å². The molecule has 4 nitrogen and oxygen atoms in total. The van der Waals surface area contributed by atoms with Crippen molar-refractivity contribution in [2.75, 3.05) is 19.6 Å². The topological polar surface area (TPSA) is 46.1 Å². The van der Waals surface area contributed by atoms with Gasteiger partial charge in [0, 0.05) is 42.3 Å². The largest absolute Gasteiger partial charge is 0.350 e. The van der Waals surface area contributed by atoms with Crippen molar-refractivity contribution < 1.29 is 4.79 Å². The number of aromatic nitrogens is 1. The lowest BCUT2D eigenvalue weighted by Gasteiger charge is -2.27. The van der Waals surface area contributed by atoms with Gasteiger partial charge in [-0.1, -0.05) is 0 Å². The van der Waals surface area contributed by atoms with E-state index in [1.54, 1.807) is 0 Å². The summed E-state index contributed by atoms with van der Waals surface area (Å²) in [4.78, 5) is 12.1. The van der Waals surface area contributed by atoms with Crippen molar-refractivity contribution in [3.8, 4) is 0 Å². The predicted molar refractivity (Wildman–Crippen MR) is 78.5 cm³/mol. The van der Waals surface area contributed by atoms with Gasteiger partial charge in [0.25, 0.3) is 5.91 Å². The summed E-state index contributed by atoms with van der Waals surface area (Å²) in [6.07, 6.45) is 1.95.